The lowest BCUT2D eigenvalue weighted by atomic mass is 10.0. The normalized spacial score (nSPS) is 17.7. The minimum absolute atomic E-state index is 0.195. The number of nitrogens with zero attached hydrogens (tertiary/aromatic N) is 2. The predicted octanol–water partition coefficient (Wildman–Crippen LogP) is 2.15. The van der Waals surface area contributed by atoms with Gasteiger partial charge in [-0.05, 0) is 19.9 Å². The number of benzene rings is 1. The van der Waals surface area contributed by atoms with E-state index in [0.29, 0.717) is 5.56 Å². The summed E-state index contributed by atoms with van der Waals surface area (Å²) in [4.78, 5) is 4.27. The Morgan fingerprint density at radius 1 is 1.29 bits per heavy atom. The lowest BCUT2D eigenvalue weighted by molar-refractivity contribution is 0.145. The maximum atomic E-state index is 13.5. The van der Waals surface area contributed by atoms with E-state index >= 15 is 0 Å². The van der Waals surface area contributed by atoms with Crippen molar-refractivity contribution in [3.8, 4) is 5.75 Å². The van der Waals surface area contributed by atoms with Gasteiger partial charge in [0.25, 0.3) is 0 Å². The number of halogens is 1. The van der Waals surface area contributed by atoms with Crippen molar-refractivity contribution in [1.29, 1.82) is 0 Å². The number of phenols is 1. The van der Waals surface area contributed by atoms with Gasteiger partial charge in [0.05, 0.1) is 6.04 Å². The van der Waals surface area contributed by atoms with Crippen molar-refractivity contribution in [1.82, 2.24) is 10.2 Å². The van der Waals surface area contributed by atoms with Gasteiger partial charge in [0.1, 0.15) is 12.4 Å². The van der Waals surface area contributed by atoms with E-state index in [1.165, 1.54) is 0 Å². The van der Waals surface area contributed by atoms with Crippen LogP contribution in [0.4, 0.5) is 10.1 Å². The first kappa shape index (κ1) is 16.0. The van der Waals surface area contributed by atoms with Gasteiger partial charge in [-0.2, -0.15) is 0 Å². The minimum atomic E-state index is -0.474. The van der Waals surface area contributed by atoms with Crippen LogP contribution in [0.3, 0.4) is 0 Å². The molecule has 4 nitrogen and oxygen atoms in total. The van der Waals surface area contributed by atoms with E-state index in [1.807, 2.05) is 12.1 Å². The average molecular weight is 295 g/mol. The number of rotatable bonds is 6. The molecule has 1 fully saturated rings. The molecule has 1 heterocycles. The highest BCUT2D eigenvalue weighted by Crippen LogP contribution is 2.32. The summed E-state index contributed by atoms with van der Waals surface area (Å²) in [5, 5.41) is 13.6. The van der Waals surface area contributed by atoms with Crippen molar-refractivity contribution in [3.05, 3.63) is 23.8 Å². The number of nitrogens with one attached hydrogen (secondary N) is 1. The number of anilines is 1. The van der Waals surface area contributed by atoms with Crippen molar-refractivity contribution in [2.24, 2.45) is 0 Å². The van der Waals surface area contributed by atoms with Crippen molar-refractivity contribution in [2.45, 2.75) is 19.9 Å². The Balaban J connectivity index is 2.21. The van der Waals surface area contributed by atoms with E-state index in [2.05, 4.69) is 29.0 Å². The average Bonchev–Trinajstić information content (AvgIpc) is 2.52. The Hall–Kier alpha value is -1.33. The Kier molecular flexibility index (Phi) is 5.82. The molecule has 0 aliphatic carbocycles. The second-order valence-electron chi connectivity index (χ2n) is 5.37. The quantitative estimate of drug-likeness (QED) is 0.843. The number of alkyl halides is 1. The zero-order chi connectivity index (χ0) is 15.2. The Morgan fingerprint density at radius 2 is 1.95 bits per heavy atom. The van der Waals surface area contributed by atoms with Crippen molar-refractivity contribution in [2.75, 3.05) is 50.8 Å². The lowest BCUT2D eigenvalue weighted by Crippen LogP contribution is -2.45. The maximum absolute atomic E-state index is 13.5. The summed E-state index contributed by atoms with van der Waals surface area (Å²) in [6, 6.07) is 5.26. The third-order valence-corrected chi connectivity index (χ3v) is 4.24. The fourth-order valence-electron chi connectivity index (χ4n) is 2.97. The van der Waals surface area contributed by atoms with E-state index in [-0.39, 0.29) is 11.8 Å². The molecule has 1 aliphatic heterocycles. The molecule has 0 saturated carbocycles. The molecule has 0 unspecified atom stereocenters. The zero-order valence-corrected chi connectivity index (χ0v) is 13.0. The summed E-state index contributed by atoms with van der Waals surface area (Å²) >= 11 is 0. The Morgan fingerprint density at radius 3 is 2.48 bits per heavy atom. The minimum Gasteiger partial charge on any atom is -0.508 e. The van der Waals surface area contributed by atoms with Crippen LogP contribution in [0.25, 0.3) is 0 Å². The van der Waals surface area contributed by atoms with Gasteiger partial charge in [0.2, 0.25) is 0 Å². The van der Waals surface area contributed by atoms with Crippen LogP contribution in [0, 0.1) is 0 Å². The third-order valence-electron chi connectivity index (χ3n) is 4.24. The van der Waals surface area contributed by atoms with Crippen LogP contribution < -0.4 is 10.2 Å². The molecule has 0 amide bonds. The van der Waals surface area contributed by atoms with Crippen LogP contribution in [0.2, 0.25) is 0 Å². The van der Waals surface area contributed by atoms with E-state index in [4.69, 9.17) is 0 Å². The molecule has 1 aromatic carbocycles. The first-order chi connectivity index (χ1) is 10.2. The van der Waals surface area contributed by atoms with Crippen LogP contribution in [-0.2, 0) is 0 Å². The SMILES string of the molecule is CCN(CC)c1ccc([C@@H](CF)N2CCNCC2)c(O)c1. The zero-order valence-electron chi connectivity index (χ0n) is 13.0. The summed E-state index contributed by atoms with van der Waals surface area (Å²) in [5.74, 6) is 0.195. The van der Waals surface area contributed by atoms with E-state index < -0.39 is 6.67 Å². The second kappa shape index (κ2) is 7.61. The smallest absolute Gasteiger partial charge is 0.122 e. The summed E-state index contributed by atoms with van der Waals surface area (Å²) in [6.07, 6.45) is 0. The van der Waals surface area contributed by atoms with Gasteiger partial charge in [0.15, 0.2) is 0 Å². The van der Waals surface area contributed by atoms with Gasteiger partial charge in [-0.3, -0.25) is 4.90 Å². The van der Waals surface area contributed by atoms with Crippen molar-refractivity contribution < 1.29 is 9.50 Å². The Labute approximate surface area is 126 Å². The fraction of sp³-hybridized carbons (Fsp3) is 0.625. The maximum Gasteiger partial charge on any atom is 0.122 e. The molecular formula is C16H26FN3O. The molecule has 118 valence electrons. The molecule has 0 spiro atoms. The number of piperazine rings is 1. The number of phenolic OH excluding ortho intramolecular Hbond substituents is 1. The van der Waals surface area contributed by atoms with Crippen molar-refractivity contribution >= 4 is 5.69 Å². The first-order valence-electron chi connectivity index (χ1n) is 7.79. The summed E-state index contributed by atoms with van der Waals surface area (Å²) in [5.41, 5.74) is 1.68. The van der Waals surface area contributed by atoms with Crippen molar-refractivity contribution in [3.63, 3.8) is 0 Å². The number of aromatic hydroxyl groups is 1. The molecule has 21 heavy (non-hydrogen) atoms. The summed E-state index contributed by atoms with van der Waals surface area (Å²) in [6.45, 7) is 8.83. The third kappa shape index (κ3) is 3.66. The van der Waals surface area contributed by atoms with E-state index in [0.717, 1.165) is 45.0 Å². The standard InChI is InChI=1S/C16H26FN3O/c1-3-19(4-2)13-5-6-14(16(21)11-13)15(12-17)20-9-7-18-8-10-20/h5-6,11,15,18,21H,3-4,7-10,12H2,1-2H3/t15-/m1/s1. The first-order valence-corrected chi connectivity index (χ1v) is 7.79. The topological polar surface area (TPSA) is 38.7 Å². The van der Waals surface area contributed by atoms with Crippen LogP contribution in [0.1, 0.15) is 25.5 Å². The van der Waals surface area contributed by atoms with Crippen LogP contribution in [-0.4, -0.2) is 55.9 Å². The van der Waals surface area contributed by atoms with Gasteiger partial charge < -0.3 is 15.3 Å². The monoisotopic (exact) mass is 295 g/mol. The fourth-order valence-corrected chi connectivity index (χ4v) is 2.97. The van der Waals surface area contributed by atoms with Crippen LogP contribution in [0.5, 0.6) is 5.75 Å². The molecule has 0 bridgehead atoms. The highest BCUT2D eigenvalue weighted by Gasteiger charge is 2.24. The molecule has 1 aromatic rings. The van der Waals surface area contributed by atoms with Gasteiger partial charge in [-0.15, -0.1) is 0 Å². The summed E-state index contributed by atoms with van der Waals surface area (Å²) < 4.78 is 13.5. The van der Waals surface area contributed by atoms with Gasteiger partial charge in [-0.1, -0.05) is 6.07 Å². The lowest BCUT2D eigenvalue weighted by Gasteiger charge is -2.34. The molecule has 1 aliphatic rings. The molecule has 0 radical (unpaired) electrons. The van der Waals surface area contributed by atoms with Crippen LogP contribution in [0.15, 0.2) is 18.2 Å². The molecular weight excluding hydrogens is 269 g/mol. The molecule has 0 aromatic heterocycles. The Bertz CT molecular complexity index is 445. The molecule has 1 atom stereocenters. The van der Waals surface area contributed by atoms with E-state index in [1.54, 1.807) is 6.07 Å². The highest BCUT2D eigenvalue weighted by molar-refractivity contribution is 5.54. The second-order valence-corrected chi connectivity index (χ2v) is 5.37. The molecule has 5 heteroatoms. The number of hydrogen-bond acceptors (Lipinski definition) is 4. The number of hydrogen-bond donors (Lipinski definition) is 2. The predicted molar refractivity (Wildman–Crippen MR) is 84.8 cm³/mol. The van der Waals surface area contributed by atoms with Gasteiger partial charge >= 0.3 is 0 Å². The molecule has 2 N–H and O–H groups in total. The van der Waals surface area contributed by atoms with Gasteiger partial charge in [-0.25, -0.2) is 4.39 Å². The van der Waals surface area contributed by atoms with Gasteiger partial charge in [0, 0.05) is 56.6 Å². The largest absolute Gasteiger partial charge is 0.508 e. The highest BCUT2D eigenvalue weighted by atomic mass is 19.1. The van der Waals surface area contributed by atoms with E-state index in [9.17, 15) is 9.50 Å². The summed E-state index contributed by atoms with van der Waals surface area (Å²) in [7, 11) is 0. The van der Waals surface area contributed by atoms with Crippen LogP contribution >= 0.6 is 0 Å². The molecule has 2 rings (SSSR count). The molecule has 1 saturated heterocycles.